The average Bonchev–Trinajstić information content (AvgIpc) is 3.21. The van der Waals surface area contributed by atoms with Crippen LogP contribution in [-0.2, 0) is 0 Å². The van der Waals surface area contributed by atoms with Crippen molar-refractivity contribution in [1.29, 1.82) is 0 Å². The summed E-state index contributed by atoms with van der Waals surface area (Å²) in [4.78, 5) is 0. The monoisotopic (exact) mass is 233 g/mol. The number of fused-ring (bicyclic) bond motifs is 1. The molecule has 2 unspecified atom stereocenters. The minimum absolute atomic E-state index is 0.110. The first-order chi connectivity index (χ1) is 8.25. The molecule has 3 heteroatoms. The van der Waals surface area contributed by atoms with Crippen molar-refractivity contribution >= 4 is 0 Å². The van der Waals surface area contributed by atoms with Gasteiger partial charge in [-0.3, -0.25) is 0 Å². The maximum absolute atomic E-state index is 6.32. The van der Waals surface area contributed by atoms with Gasteiger partial charge in [-0.1, -0.05) is 13.0 Å². The van der Waals surface area contributed by atoms with Crippen LogP contribution in [0.3, 0.4) is 0 Å². The van der Waals surface area contributed by atoms with Gasteiger partial charge in [-0.05, 0) is 42.4 Å². The van der Waals surface area contributed by atoms with Crippen LogP contribution in [0.15, 0.2) is 18.2 Å². The molecule has 0 radical (unpaired) electrons. The molecule has 2 atom stereocenters. The molecule has 2 N–H and O–H groups in total. The van der Waals surface area contributed by atoms with Crippen molar-refractivity contribution in [3.63, 3.8) is 0 Å². The Morgan fingerprint density at radius 3 is 2.59 bits per heavy atom. The van der Waals surface area contributed by atoms with Crippen LogP contribution in [-0.4, -0.2) is 13.2 Å². The molecule has 0 bridgehead atoms. The normalized spacial score (nSPS) is 22.0. The summed E-state index contributed by atoms with van der Waals surface area (Å²) < 4.78 is 11.1. The molecule has 92 valence electrons. The largest absolute Gasteiger partial charge is 0.486 e. The standard InChI is InChI=1S/C14H19NO2/c1-9(10-2-3-10)14(15)11-4-5-12-13(8-11)17-7-6-16-12/h4-5,8-10,14H,2-3,6-7,15H2,1H3. The van der Waals surface area contributed by atoms with Gasteiger partial charge in [0.15, 0.2) is 11.5 Å². The van der Waals surface area contributed by atoms with Gasteiger partial charge in [0.25, 0.3) is 0 Å². The third-order valence-electron chi connectivity index (χ3n) is 3.88. The molecular weight excluding hydrogens is 214 g/mol. The summed E-state index contributed by atoms with van der Waals surface area (Å²) in [5.41, 5.74) is 7.48. The summed E-state index contributed by atoms with van der Waals surface area (Å²) in [5, 5.41) is 0. The van der Waals surface area contributed by atoms with Crippen molar-refractivity contribution in [3.05, 3.63) is 23.8 Å². The number of rotatable bonds is 3. The zero-order chi connectivity index (χ0) is 11.8. The maximum Gasteiger partial charge on any atom is 0.161 e. The summed E-state index contributed by atoms with van der Waals surface area (Å²) in [6, 6.07) is 6.19. The van der Waals surface area contributed by atoms with Crippen LogP contribution >= 0.6 is 0 Å². The number of hydrogen-bond acceptors (Lipinski definition) is 3. The van der Waals surface area contributed by atoms with E-state index in [2.05, 4.69) is 13.0 Å². The maximum atomic E-state index is 6.32. The first kappa shape index (κ1) is 10.9. The molecule has 1 saturated carbocycles. The summed E-state index contributed by atoms with van der Waals surface area (Å²) in [7, 11) is 0. The topological polar surface area (TPSA) is 44.5 Å². The van der Waals surface area contributed by atoms with E-state index in [-0.39, 0.29) is 6.04 Å². The number of ether oxygens (including phenoxy) is 2. The highest BCUT2D eigenvalue weighted by atomic mass is 16.6. The lowest BCUT2D eigenvalue weighted by molar-refractivity contribution is 0.171. The van der Waals surface area contributed by atoms with E-state index in [1.54, 1.807) is 0 Å². The van der Waals surface area contributed by atoms with E-state index in [1.807, 2.05) is 12.1 Å². The van der Waals surface area contributed by atoms with Crippen molar-refractivity contribution in [2.45, 2.75) is 25.8 Å². The zero-order valence-electron chi connectivity index (χ0n) is 10.2. The van der Waals surface area contributed by atoms with Gasteiger partial charge in [0.2, 0.25) is 0 Å². The third kappa shape index (κ3) is 2.12. The Bertz CT molecular complexity index is 415. The van der Waals surface area contributed by atoms with E-state index >= 15 is 0 Å². The van der Waals surface area contributed by atoms with Gasteiger partial charge in [0.05, 0.1) is 0 Å². The molecule has 1 aliphatic heterocycles. The van der Waals surface area contributed by atoms with Gasteiger partial charge in [-0.2, -0.15) is 0 Å². The van der Waals surface area contributed by atoms with Crippen LogP contribution in [0, 0.1) is 11.8 Å². The number of benzene rings is 1. The van der Waals surface area contributed by atoms with Gasteiger partial charge < -0.3 is 15.2 Å². The van der Waals surface area contributed by atoms with Gasteiger partial charge in [0.1, 0.15) is 13.2 Å². The van der Waals surface area contributed by atoms with Crippen LogP contribution in [0.5, 0.6) is 11.5 Å². The number of hydrogen-bond donors (Lipinski definition) is 1. The quantitative estimate of drug-likeness (QED) is 0.872. The van der Waals surface area contributed by atoms with E-state index in [0.29, 0.717) is 19.1 Å². The Morgan fingerprint density at radius 2 is 1.88 bits per heavy atom. The van der Waals surface area contributed by atoms with Gasteiger partial charge in [0, 0.05) is 6.04 Å². The third-order valence-corrected chi connectivity index (χ3v) is 3.88. The van der Waals surface area contributed by atoms with E-state index in [0.717, 1.165) is 23.0 Å². The Labute approximate surface area is 102 Å². The van der Waals surface area contributed by atoms with E-state index in [9.17, 15) is 0 Å². The molecule has 0 amide bonds. The second kappa shape index (κ2) is 4.22. The van der Waals surface area contributed by atoms with Gasteiger partial charge >= 0.3 is 0 Å². The SMILES string of the molecule is CC(C1CC1)C(N)c1ccc2c(c1)OCCO2. The van der Waals surface area contributed by atoms with E-state index in [4.69, 9.17) is 15.2 Å². The minimum atomic E-state index is 0.110. The smallest absolute Gasteiger partial charge is 0.161 e. The van der Waals surface area contributed by atoms with Gasteiger partial charge in [-0.25, -0.2) is 0 Å². The summed E-state index contributed by atoms with van der Waals surface area (Å²) in [6.07, 6.45) is 2.67. The fourth-order valence-corrected chi connectivity index (χ4v) is 2.49. The highest BCUT2D eigenvalue weighted by molar-refractivity contribution is 5.44. The second-order valence-electron chi connectivity index (χ2n) is 5.13. The Balaban J connectivity index is 1.82. The van der Waals surface area contributed by atoms with Gasteiger partial charge in [-0.15, -0.1) is 0 Å². The minimum Gasteiger partial charge on any atom is -0.486 e. The van der Waals surface area contributed by atoms with Crippen molar-refractivity contribution in [2.24, 2.45) is 17.6 Å². The molecule has 0 saturated heterocycles. The van der Waals surface area contributed by atoms with Crippen LogP contribution in [0.4, 0.5) is 0 Å². The first-order valence-electron chi connectivity index (χ1n) is 6.41. The predicted molar refractivity (Wildman–Crippen MR) is 66.2 cm³/mol. The lowest BCUT2D eigenvalue weighted by Gasteiger charge is -2.23. The molecule has 2 aliphatic rings. The molecular formula is C14H19NO2. The Morgan fingerprint density at radius 1 is 1.18 bits per heavy atom. The molecule has 0 spiro atoms. The van der Waals surface area contributed by atoms with Crippen LogP contribution in [0.25, 0.3) is 0 Å². The van der Waals surface area contributed by atoms with Crippen LogP contribution in [0.2, 0.25) is 0 Å². The summed E-state index contributed by atoms with van der Waals surface area (Å²) in [5.74, 6) is 3.05. The lowest BCUT2D eigenvalue weighted by Crippen LogP contribution is -2.21. The van der Waals surface area contributed by atoms with Crippen molar-refractivity contribution < 1.29 is 9.47 Å². The molecule has 1 aromatic carbocycles. The Kier molecular flexibility index (Phi) is 2.71. The first-order valence-corrected chi connectivity index (χ1v) is 6.41. The van der Waals surface area contributed by atoms with E-state index in [1.165, 1.54) is 12.8 Å². The fourth-order valence-electron chi connectivity index (χ4n) is 2.49. The van der Waals surface area contributed by atoms with E-state index < -0.39 is 0 Å². The van der Waals surface area contributed by atoms with Crippen molar-refractivity contribution in [1.82, 2.24) is 0 Å². The lowest BCUT2D eigenvalue weighted by atomic mass is 9.91. The molecule has 1 heterocycles. The number of nitrogens with two attached hydrogens (primary N) is 1. The van der Waals surface area contributed by atoms with Crippen LogP contribution in [0.1, 0.15) is 31.4 Å². The second-order valence-corrected chi connectivity index (χ2v) is 5.13. The molecule has 1 fully saturated rings. The summed E-state index contributed by atoms with van der Waals surface area (Å²) in [6.45, 7) is 3.51. The summed E-state index contributed by atoms with van der Waals surface area (Å²) >= 11 is 0. The predicted octanol–water partition coefficient (Wildman–Crippen LogP) is 2.50. The van der Waals surface area contributed by atoms with Crippen molar-refractivity contribution in [3.8, 4) is 11.5 Å². The molecule has 17 heavy (non-hydrogen) atoms. The zero-order valence-corrected chi connectivity index (χ0v) is 10.2. The van der Waals surface area contributed by atoms with Crippen molar-refractivity contribution in [2.75, 3.05) is 13.2 Å². The average molecular weight is 233 g/mol. The molecule has 0 aromatic heterocycles. The molecule has 1 aromatic rings. The van der Waals surface area contributed by atoms with Crippen LogP contribution < -0.4 is 15.2 Å². The Hall–Kier alpha value is -1.22. The highest BCUT2D eigenvalue weighted by Crippen LogP contribution is 2.43. The molecule has 1 aliphatic carbocycles. The highest BCUT2D eigenvalue weighted by Gasteiger charge is 2.32. The molecule has 3 rings (SSSR count). The fraction of sp³-hybridized carbons (Fsp3) is 0.571. The molecule has 3 nitrogen and oxygen atoms in total.